The average Bonchev–Trinajstić information content (AvgIpc) is 2.92. The number of imide groups is 1. The van der Waals surface area contributed by atoms with Crippen LogP contribution in [0.2, 0.25) is 0 Å². The molecule has 0 bridgehead atoms. The number of rotatable bonds is 5. The maximum absolute atomic E-state index is 13.0. The van der Waals surface area contributed by atoms with Crippen LogP contribution in [-0.4, -0.2) is 23.9 Å². The molecule has 0 aromatic heterocycles. The summed E-state index contributed by atoms with van der Waals surface area (Å²) in [5.74, 6) is -0.0240. The lowest BCUT2D eigenvalue weighted by atomic mass is 10.2. The number of nitrogens with zero attached hydrogens (tertiary/aromatic N) is 1. The first-order valence-corrected chi connectivity index (χ1v) is 7.96. The SMILES string of the molecule is COc1ccc(/C=C\C=C2\NC(=O)N(Cc3ccc(F)cc3)C2=O)cc1. The van der Waals surface area contributed by atoms with E-state index < -0.39 is 11.9 Å². The van der Waals surface area contributed by atoms with Gasteiger partial charge in [0.05, 0.1) is 13.7 Å². The quantitative estimate of drug-likeness (QED) is 0.662. The predicted octanol–water partition coefficient (Wildman–Crippen LogP) is 3.48. The van der Waals surface area contributed by atoms with Crippen molar-refractivity contribution in [2.75, 3.05) is 7.11 Å². The van der Waals surface area contributed by atoms with Crippen molar-refractivity contribution in [3.05, 3.63) is 83.3 Å². The second kappa shape index (κ2) is 7.65. The smallest absolute Gasteiger partial charge is 0.329 e. The Balaban J connectivity index is 1.68. The molecule has 5 nitrogen and oxygen atoms in total. The van der Waals surface area contributed by atoms with Crippen molar-refractivity contribution in [3.8, 4) is 5.75 Å². The number of halogens is 1. The summed E-state index contributed by atoms with van der Waals surface area (Å²) in [7, 11) is 1.60. The Morgan fingerprint density at radius 2 is 1.77 bits per heavy atom. The van der Waals surface area contributed by atoms with E-state index in [1.54, 1.807) is 31.4 Å². The lowest BCUT2D eigenvalue weighted by molar-refractivity contribution is -0.123. The van der Waals surface area contributed by atoms with Gasteiger partial charge in [0.2, 0.25) is 0 Å². The fraction of sp³-hybridized carbons (Fsp3) is 0.100. The van der Waals surface area contributed by atoms with Gasteiger partial charge in [0, 0.05) is 0 Å². The molecule has 0 unspecified atom stereocenters. The Kier molecular flexibility index (Phi) is 5.12. The number of nitrogens with one attached hydrogen (secondary N) is 1. The maximum Gasteiger partial charge on any atom is 0.329 e. The molecule has 1 fully saturated rings. The fourth-order valence-electron chi connectivity index (χ4n) is 2.47. The van der Waals surface area contributed by atoms with Crippen LogP contribution >= 0.6 is 0 Å². The van der Waals surface area contributed by atoms with E-state index in [4.69, 9.17) is 4.74 Å². The number of methoxy groups -OCH3 is 1. The first kappa shape index (κ1) is 17.4. The number of hydrogen-bond donors (Lipinski definition) is 1. The van der Waals surface area contributed by atoms with E-state index in [9.17, 15) is 14.0 Å². The van der Waals surface area contributed by atoms with Gasteiger partial charge in [-0.05, 0) is 41.5 Å². The highest BCUT2D eigenvalue weighted by Gasteiger charge is 2.33. The van der Waals surface area contributed by atoms with Crippen LogP contribution in [0.3, 0.4) is 0 Å². The number of carbonyl (C=O) groups is 2. The van der Waals surface area contributed by atoms with Crippen LogP contribution in [0.1, 0.15) is 11.1 Å². The van der Waals surface area contributed by atoms with Gasteiger partial charge >= 0.3 is 6.03 Å². The monoisotopic (exact) mass is 352 g/mol. The Bertz CT molecular complexity index is 871. The molecule has 0 spiro atoms. The van der Waals surface area contributed by atoms with E-state index in [0.29, 0.717) is 5.56 Å². The molecule has 3 amide bonds. The third kappa shape index (κ3) is 3.97. The van der Waals surface area contributed by atoms with E-state index in [1.807, 2.05) is 30.3 Å². The minimum absolute atomic E-state index is 0.0878. The van der Waals surface area contributed by atoms with E-state index in [-0.39, 0.29) is 18.1 Å². The molecule has 0 saturated carbocycles. The van der Waals surface area contributed by atoms with Crippen LogP contribution in [0, 0.1) is 5.82 Å². The number of ether oxygens (including phenoxy) is 1. The second-order valence-electron chi connectivity index (χ2n) is 5.66. The molecule has 6 heteroatoms. The van der Waals surface area contributed by atoms with Gasteiger partial charge in [-0.25, -0.2) is 9.18 Å². The van der Waals surface area contributed by atoms with Crippen molar-refractivity contribution in [1.82, 2.24) is 10.2 Å². The van der Waals surface area contributed by atoms with Gasteiger partial charge in [0.15, 0.2) is 0 Å². The van der Waals surface area contributed by atoms with Crippen molar-refractivity contribution in [2.24, 2.45) is 0 Å². The van der Waals surface area contributed by atoms with E-state index in [0.717, 1.165) is 16.2 Å². The average molecular weight is 352 g/mol. The summed E-state index contributed by atoms with van der Waals surface area (Å²) in [4.78, 5) is 25.5. The highest BCUT2D eigenvalue weighted by atomic mass is 19.1. The summed E-state index contributed by atoms with van der Waals surface area (Å²) in [6, 6.07) is 12.6. The summed E-state index contributed by atoms with van der Waals surface area (Å²) in [6.45, 7) is 0.0878. The summed E-state index contributed by atoms with van der Waals surface area (Å²) < 4.78 is 18.0. The molecule has 1 aliphatic heterocycles. The third-order valence-corrected chi connectivity index (χ3v) is 3.88. The summed E-state index contributed by atoms with van der Waals surface area (Å²) in [6.07, 6.45) is 5.06. The standard InChI is InChI=1S/C20H17FN2O3/c1-26-17-11-7-14(8-12-17)3-2-4-18-19(24)23(20(25)22-18)13-15-5-9-16(21)10-6-15/h2-12H,13H2,1H3,(H,22,25)/b3-2-,18-4+. The number of allylic oxidation sites excluding steroid dienone is 2. The first-order chi connectivity index (χ1) is 12.6. The fourth-order valence-corrected chi connectivity index (χ4v) is 2.47. The van der Waals surface area contributed by atoms with E-state index in [2.05, 4.69) is 5.32 Å². The molecule has 1 N–H and O–H groups in total. The molecular weight excluding hydrogens is 335 g/mol. The molecule has 26 heavy (non-hydrogen) atoms. The van der Waals surface area contributed by atoms with Crippen molar-refractivity contribution in [1.29, 1.82) is 0 Å². The first-order valence-electron chi connectivity index (χ1n) is 7.96. The second-order valence-corrected chi connectivity index (χ2v) is 5.66. The van der Waals surface area contributed by atoms with Gasteiger partial charge in [-0.3, -0.25) is 9.69 Å². The predicted molar refractivity (Wildman–Crippen MR) is 95.6 cm³/mol. The number of urea groups is 1. The summed E-state index contributed by atoms with van der Waals surface area (Å²) in [5.41, 5.74) is 1.80. The van der Waals surface area contributed by atoms with Gasteiger partial charge < -0.3 is 10.1 Å². The van der Waals surface area contributed by atoms with E-state index >= 15 is 0 Å². The van der Waals surface area contributed by atoms with Crippen molar-refractivity contribution >= 4 is 18.0 Å². The number of hydrogen-bond acceptors (Lipinski definition) is 3. The van der Waals surface area contributed by atoms with Crippen LogP contribution in [-0.2, 0) is 11.3 Å². The van der Waals surface area contributed by atoms with Gasteiger partial charge in [-0.2, -0.15) is 0 Å². The van der Waals surface area contributed by atoms with Crippen LogP contribution in [0.4, 0.5) is 9.18 Å². The molecule has 0 aliphatic carbocycles. The Labute approximate surface area is 150 Å². The minimum Gasteiger partial charge on any atom is -0.497 e. The van der Waals surface area contributed by atoms with Crippen LogP contribution < -0.4 is 10.1 Å². The molecule has 2 aromatic carbocycles. The summed E-state index contributed by atoms with van der Waals surface area (Å²) >= 11 is 0. The van der Waals surface area contributed by atoms with Crippen LogP contribution in [0.5, 0.6) is 5.75 Å². The molecule has 2 aromatic rings. The maximum atomic E-state index is 13.0. The van der Waals surface area contributed by atoms with Crippen molar-refractivity contribution in [2.45, 2.75) is 6.54 Å². The highest BCUT2D eigenvalue weighted by molar-refractivity contribution is 6.11. The van der Waals surface area contributed by atoms with E-state index in [1.165, 1.54) is 12.1 Å². The van der Waals surface area contributed by atoms with Gasteiger partial charge in [0.25, 0.3) is 5.91 Å². The zero-order valence-electron chi connectivity index (χ0n) is 14.1. The topological polar surface area (TPSA) is 58.6 Å². The molecular formula is C20H17FN2O3. The van der Waals surface area contributed by atoms with Gasteiger partial charge in [-0.15, -0.1) is 0 Å². The Morgan fingerprint density at radius 3 is 2.42 bits per heavy atom. The lowest BCUT2D eigenvalue weighted by Gasteiger charge is -2.11. The molecule has 0 atom stereocenters. The molecule has 1 saturated heterocycles. The summed E-state index contributed by atoms with van der Waals surface area (Å²) in [5, 5.41) is 2.54. The molecule has 1 heterocycles. The normalized spacial score (nSPS) is 15.8. The Morgan fingerprint density at radius 1 is 1.08 bits per heavy atom. The van der Waals surface area contributed by atoms with Crippen LogP contribution in [0.15, 0.2) is 66.4 Å². The zero-order valence-corrected chi connectivity index (χ0v) is 14.1. The van der Waals surface area contributed by atoms with Gasteiger partial charge in [0.1, 0.15) is 17.3 Å². The minimum atomic E-state index is -0.497. The Hall–Kier alpha value is -3.41. The van der Waals surface area contributed by atoms with Crippen molar-refractivity contribution < 1.29 is 18.7 Å². The van der Waals surface area contributed by atoms with Crippen molar-refractivity contribution in [3.63, 3.8) is 0 Å². The molecule has 0 radical (unpaired) electrons. The number of amides is 3. The lowest BCUT2D eigenvalue weighted by Crippen LogP contribution is -2.30. The number of benzene rings is 2. The van der Waals surface area contributed by atoms with Gasteiger partial charge in [-0.1, -0.05) is 36.4 Å². The molecule has 1 aliphatic rings. The zero-order chi connectivity index (χ0) is 18.5. The number of carbonyl (C=O) groups excluding carboxylic acids is 2. The highest BCUT2D eigenvalue weighted by Crippen LogP contribution is 2.16. The molecule has 3 rings (SSSR count). The molecule has 132 valence electrons. The van der Waals surface area contributed by atoms with Crippen LogP contribution in [0.25, 0.3) is 6.08 Å². The third-order valence-electron chi connectivity index (χ3n) is 3.88. The largest absolute Gasteiger partial charge is 0.497 e.